The van der Waals surface area contributed by atoms with Crippen LogP contribution in [-0.4, -0.2) is 46.6 Å². The first-order chi connectivity index (χ1) is 13.8. The highest BCUT2D eigenvalue weighted by molar-refractivity contribution is 7.90. The summed E-state index contributed by atoms with van der Waals surface area (Å²) in [7, 11) is -1.48. The number of benzene rings is 1. The molecule has 164 valence electrons. The van der Waals surface area contributed by atoms with Crippen molar-refractivity contribution < 1.29 is 14.5 Å². The molecule has 1 fully saturated rings. The van der Waals surface area contributed by atoms with Gasteiger partial charge in [-0.1, -0.05) is 31.6 Å². The maximum Gasteiger partial charge on any atom is 0.407 e. The van der Waals surface area contributed by atoms with Crippen molar-refractivity contribution in [1.29, 1.82) is 0 Å². The molecule has 2 atom stereocenters. The van der Waals surface area contributed by atoms with E-state index in [0.29, 0.717) is 13.1 Å². The van der Waals surface area contributed by atoms with E-state index in [4.69, 9.17) is 0 Å². The average Bonchev–Trinajstić information content (AvgIpc) is 2.91. The number of likely N-dealkylation sites (tertiary alicyclic amines) is 1. The van der Waals surface area contributed by atoms with E-state index in [1.165, 1.54) is 16.0 Å². The first-order valence-corrected chi connectivity index (χ1v) is 15.3. The monoisotopic (exact) mass is 446 g/mol. The molecule has 0 saturated carbocycles. The fraction of sp³-hybridized carbons (Fsp3) is 0.609. The molecule has 1 amide bonds. The molecule has 7 heteroatoms. The number of amides is 1. The van der Waals surface area contributed by atoms with Crippen LogP contribution in [0.25, 0.3) is 0 Å². The molecule has 1 spiro atoms. The van der Waals surface area contributed by atoms with E-state index in [0.717, 1.165) is 24.8 Å². The van der Waals surface area contributed by atoms with E-state index in [-0.39, 0.29) is 16.2 Å². The summed E-state index contributed by atoms with van der Waals surface area (Å²) in [6.07, 6.45) is 1.56. The standard InChI is InChI=1S/C23H34N2O3SSi/c1-22(2,3)29(28)24-20-19-15-17(9-14-30(4,5)6)7-8-18(19)16-23(20)10-12-25(13-11-23)21(26)27/h7-8,15,20,24H,10-13,16H2,1-6H3,(H,26,27)/t20-,29-/m1/s1. The summed E-state index contributed by atoms with van der Waals surface area (Å²) in [6, 6.07) is 6.36. The number of rotatable bonds is 2. The summed E-state index contributed by atoms with van der Waals surface area (Å²) < 4.78 is 16.1. The number of carboxylic acid groups (broad SMARTS) is 1. The molecule has 0 radical (unpaired) electrons. The van der Waals surface area contributed by atoms with Crippen LogP contribution in [0.3, 0.4) is 0 Å². The highest BCUT2D eigenvalue weighted by atomic mass is 32.2. The van der Waals surface area contributed by atoms with Gasteiger partial charge in [0, 0.05) is 35.4 Å². The second-order valence-electron chi connectivity index (χ2n) is 10.7. The number of nitrogens with one attached hydrogen (secondary N) is 1. The Bertz CT molecular complexity index is 871. The van der Waals surface area contributed by atoms with E-state index >= 15 is 0 Å². The van der Waals surface area contributed by atoms with Crippen molar-refractivity contribution in [3.63, 3.8) is 0 Å². The topological polar surface area (TPSA) is 75.6 Å². The molecule has 5 nitrogen and oxygen atoms in total. The highest BCUT2D eigenvalue weighted by Gasteiger charge is 2.50. The molecule has 1 aliphatic carbocycles. The van der Waals surface area contributed by atoms with Crippen molar-refractivity contribution in [2.45, 2.75) is 70.5 Å². The third kappa shape index (κ3) is 5.05. The van der Waals surface area contributed by atoms with Crippen molar-refractivity contribution >= 4 is 25.5 Å². The smallest absolute Gasteiger partial charge is 0.407 e. The van der Waals surface area contributed by atoms with Gasteiger partial charge in [-0.3, -0.25) is 0 Å². The van der Waals surface area contributed by atoms with E-state index in [9.17, 15) is 14.5 Å². The third-order valence-corrected chi connectivity index (χ3v) is 8.44. The number of fused-ring (bicyclic) bond motifs is 1. The van der Waals surface area contributed by atoms with Crippen LogP contribution in [-0.2, 0) is 17.8 Å². The summed E-state index contributed by atoms with van der Waals surface area (Å²) in [5.41, 5.74) is 6.77. The number of hydrogen-bond acceptors (Lipinski definition) is 3. The lowest BCUT2D eigenvalue weighted by Gasteiger charge is -2.43. The van der Waals surface area contributed by atoms with Gasteiger partial charge in [-0.2, -0.15) is 0 Å². The normalized spacial score (nSPS) is 21.7. The summed E-state index contributed by atoms with van der Waals surface area (Å²) in [5, 5.41) is 9.37. The van der Waals surface area contributed by atoms with Gasteiger partial charge in [-0.15, -0.1) is 10.3 Å². The molecular weight excluding hydrogens is 412 g/mol. The molecule has 2 N–H and O–H groups in total. The van der Waals surface area contributed by atoms with Crippen LogP contribution in [0.5, 0.6) is 0 Å². The number of piperidine rings is 1. The molecular formula is C23H34N2O3SSi. The molecule has 3 rings (SSSR count). The molecule has 0 unspecified atom stereocenters. The minimum Gasteiger partial charge on any atom is -0.598 e. The van der Waals surface area contributed by atoms with Gasteiger partial charge in [-0.25, -0.2) is 4.79 Å². The summed E-state index contributed by atoms with van der Waals surface area (Å²) in [6.45, 7) is 13.7. The molecule has 1 aromatic carbocycles. The Labute approximate surface area is 184 Å². The van der Waals surface area contributed by atoms with Crippen LogP contribution in [0.4, 0.5) is 4.79 Å². The van der Waals surface area contributed by atoms with Crippen molar-refractivity contribution in [2.24, 2.45) is 5.41 Å². The lowest BCUT2D eigenvalue weighted by molar-refractivity contribution is 0.0764. The van der Waals surface area contributed by atoms with Gasteiger partial charge >= 0.3 is 6.09 Å². The zero-order chi connectivity index (χ0) is 22.3. The highest BCUT2D eigenvalue weighted by Crippen LogP contribution is 2.52. The van der Waals surface area contributed by atoms with Gasteiger partial charge in [0.05, 0.1) is 6.04 Å². The van der Waals surface area contributed by atoms with E-state index < -0.39 is 25.5 Å². The second-order valence-corrected chi connectivity index (χ2v) is 17.4. The molecule has 1 aromatic rings. The predicted octanol–water partition coefficient (Wildman–Crippen LogP) is 4.32. The minimum absolute atomic E-state index is 0.0582. The quantitative estimate of drug-likeness (QED) is 0.403. The fourth-order valence-corrected chi connectivity index (χ4v) is 5.72. The molecule has 1 saturated heterocycles. The second kappa shape index (κ2) is 8.23. The van der Waals surface area contributed by atoms with E-state index in [2.05, 4.69) is 54.0 Å². The minimum atomic E-state index is -1.48. The Morgan fingerprint density at radius 1 is 1.30 bits per heavy atom. The lowest BCUT2D eigenvalue weighted by atomic mass is 9.73. The number of hydrogen-bond donors (Lipinski definition) is 2. The van der Waals surface area contributed by atoms with Crippen molar-refractivity contribution in [1.82, 2.24) is 9.62 Å². The molecule has 30 heavy (non-hydrogen) atoms. The zero-order valence-corrected chi connectivity index (χ0v) is 20.8. The SMILES string of the molecule is CC(C)(C)[S@@+]([O-])N[C@@H]1c2cc(C#C[Si](C)(C)C)ccc2CC12CCN(C(=O)O)CC2. The third-order valence-electron chi connectivity index (χ3n) is 6.00. The van der Waals surface area contributed by atoms with Crippen molar-refractivity contribution in [3.8, 4) is 11.5 Å². The zero-order valence-electron chi connectivity index (χ0n) is 19.0. The molecule has 1 aliphatic heterocycles. The van der Waals surface area contributed by atoms with Crippen LogP contribution < -0.4 is 4.72 Å². The maximum absolute atomic E-state index is 13.0. The Hall–Kier alpha value is -1.46. The first-order valence-electron chi connectivity index (χ1n) is 10.6. The van der Waals surface area contributed by atoms with Crippen LogP contribution >= 0.6 is 0 Å². The fourth-order valence-electron chi connectivity index (χ4n) is 4.25. The van der Waals surface area contributed by atoms with Crippen LogP contribution in [0, 0.1) is 16.9 Å². The van der Waals surface area contributed by atoms with Crippen LogP contribution in [0.1, 0.15) is 56.3 Å². The van der Waals surface area contributed by atoms with Gasteiger partial charge in [0.2, 0.25) is 0 Å². The Kier molecular flexibility index (Phi) is 6.37. The maximum atomic E-state index is 13.0. The average molecular weight is 447 g/mol. The predicted molar refractivity (Wildman–Crippen MR) is 125 cm³/mol. The Morgan fingerprint density at radius 3 is 2.47 bits per heavy atom. The van der Waals surface area contributed by atoms with Gasteiger partial charge < -0.3 is 14.6 Å². The van der Waals surface area contributed by atoms with Gasteiger partial charge in [-0.05, 0) is 63.3 Å². The molecule has 0 bridgehead atoms. The van der Waals surface area contributed by atoms with Crippen molar-refractivity contribution in [2.75, 3.05) is 13.1 Å². The molecule has 2 aliphatic rings. The summed E-state index contributed by atoms with van der Waals surface area (Å²) in [4.78, 5) is 12.9. The van der Waals surface area contributed by atoms with Gasteiger partial charge in [0.1, 0.15) is 12.8 Å². The van der Waals surface area contributed by atoms with E-state index in [1.54, 1.807) is 0 Å². The Balaban J connectivity index is 1.96. The number of carbonyl (C=O) groups is 1. The van der Waals surface area contributed by atoms with Gasteiger partial charge in [0.25, 0.3) is 0 Å². The lowest BCUT2D eigenvalue weighted by Crippen LogP contribution is -2.50. The first kappa shape index (κ1) is 23.2. The summed E-state index contributed by atoms with van der Waals surface area (Å²) in [5.74, 6) is 3.35. The Morgan fingerprint density at radius 2 is 1.93 bits per heavy atom. The van der Waals surface area contributed by atoms with Crippen LogP contribution in [0.15, 0.2) is 18.2 Å². The molecule has 1 heterocycles. The van der Waals surface area contributed by atoms with E-state index in [1.807, 2.05) is 20.8 Å². The van der Waals surface area contributed by atoms with Gasteiger partial charge in [0.15, 0.2) is 0 Å². The van der Waals surface area contributed by atoms with Crippen molar-refractivity contribution in [3.05, 3.63) is 34.9 Å². The number of nitrogens with zero attached hydrogens (tertiary/aromatic N) is 1. The summed E-state index contributed by atoms with van der Waals surface area (Å²) >= 11 is -1.21. The van der Waals surface area contributed by atoms with Crippen LogP contribution in [0.2, 0.25) is 19.6 Å². The molecule has 0 aromatic heterocycles. The largest absolute Gasteiger partial charge is 0.598 e.